The number of benzene rings is 1. The Kier molecular flexibility index (Phi) is 3.84. The quantitative estimate of drug-likeness (QED) is 0.931. The fraction of sp³-hybridized carbons (Fsp3) is 0.467. The zero-order chi connectivity index (χ0) is 13.2. The van der Waals surface area contributed by atoms with Crippen molar-refractivity contribution in [3.8, 4) is 0 Å². The van der Waals surface area contributed by atoms with Crippen LogP contribution in [0.5, 0.6) is 0 Å². The maximum Gasteiger partial charge on any atom is 0.0346 e. The second kappa shape index (κ2) is 5.59. The van der Waals surface area contributed by atoms with Crippen LogP contribution in [0.15, 0.2) is 24.3 Å². The number of hydrogen-bond acceptors (Lipinski definition) is 4. The molecule has 19 heavy (non-hydrogen) atoms. The minimum Gasteiger partial charge on any atom is -0.326 e. The molecule has 1 aromatic carbocycles. The first-order valence-corrected chi connectivity index (χ1v) is 7.68. The molecule has 0 radical (unpaired) electrons. The Balaban J connectivity index is 1.74. The topological polar surface area (TPSA) is 32.5 Å². The molecule has 102 valence electrons. The Morgan fingerprint density at radius 3 is 2.68 bits per heavy atom. The van der Waals surface area contributed by atoms with E-state index in [1.54, 1.807) is 0 Å². The van der Waals surface area contributed by atoms with Crippen molar-refractivity contribution in [3.63, 3.8) is 0 Å². The van der Waals surface area contributed by atoms with Gasteiger partial charge in [0, 0.05) is 48.8 Å². The van der Waals surface area contributed by atoms with Crippen molar-refractivity contribution in [2.45, 2.75) is 13.1 Å². The number of likely N-dealkylation sites (N-methyl/N-ethyl adjacent to an activating group) is 1. The molecular formula is C15H21N3S. The molecule has 2 heterocycles. The van der Waals surface area contributed by atoms with E-state index in [1.807, 2.05) is 11.3 Å². The van der Waals surface area contributed by atoms with Gasteiger partial charge in [-0.1, -0.05) is 6.07 Å². The number of rotatable bonds is 3. The van der Waals surface area contributed by atoms with Gasteiger partial charge in [0.05, 0.1) is 0 Å². The van der Waals surface area contributed by atoms with Gasteiger partial charge in [-0.15, -0.1) is 11.3 Å². The van der Waals surface area contributed by atoms with E-state index in [0.717, 1.165) is 6.54 Å². The van der Waals surface area contributed by atoms with Crippen LogP contribution in [0.1, 0.15) is 10.4 Å². The van der Waals surface area contributed by atoms with E-state index < -0.39 is 0 Å². The monoisotopic (exact) mass is 275 g/mol. The van der Waals surface area contributed by atoms with Crippen molar-refractivity contribution in [2.24, 2.45) is 5.73 Å². The number of nitrogens with zero attached hydrogens (tertiary/aromatic N) is 2. The van der Waals surface area contributed by atoms with Gasteiger partial charge in [0.15, 0.2) is 0 Å². The van der Waals surface area contributed by atoms with E-state index in [1.165, 1.54) is 46.7 Å². The van der Waals surface area contributed by atoms with E-state index in [4.69, 9.17) is 5.73 Å². The molecule has 0 amide bonds. The lowest BCUT2D eigenvalue weighted by molar-refractivity contribution is 0.149. The first-order chi connectivity index (χ1) is 9.24. The Morgan fingerprint density at radius 1 is 1.16 bits per heavy atom. The molecule has 2 N–H and O–H groups in total. The predicted molar refractivity (Wildman–Crippen MR) is 82.5 cm³/mol. The molecule has 0 atom stereocenters. The van der Waals surface area contributed by atoms with Gasteiger partial charge < -0.3 is 10.6 Å². The molecule has 0 unspecified atom stereocenters. The first kappa shape index (κ1) is 13.1. The van der Waals surface area contributed by atoms with Crippen molar-refractivity contribution >= 4 is 21.4 Å². The smallest absolute Gasteiger partial charge is 0.0346 e. The van der Waals surface area contributed by atoms with Gasteiger partial charge in [-0.25, -0.2) is 0 Å². The summed E-state index contributed by atoms with van der Waals surface area (Å²) in [4.78, 5) is 6.41. The van der Waals surface area contributed by atoms with E-state index in [-0.39, 0.29) is 0 Å². The summed E-state index contributed by atoms with van der Waals surface area (Å²) in [5.74, 6) is 0. The molecule has 1 aliphatic heterocycles. The lowest BCUT2D eigenvalue weighted by Gasteiger charge is -2.31. The molecule has 3 nitrogen and oxygen atoms in total. The minimum absolute atomic E-state index is 0.625. The molecule has 0 saturated carbocycles. The summed E-state index contributed by atoms with van der Waals surface area (Å²) in [7, 11) is 2.20. The highest BCUT2D eigenvalue weighted by Gasteiger charge is 2.14. The average Bonchev–Trinajstić information content (AvgIpc) is 2.82. The predicted octanol–water partition coefficient (Wildman–Crippen LogP) is 2.11. The molecule has 1 saturated heterocycles. The zero-order valence-corrected chi connectivity index (χ0v) is 12.2. The maximum absolute atomic E-state index is 5.70. The highest BCUT2D eigenvalue weighted by Crippen LogP contribution is 2.27. The van der Waals surface area contributed by atoms with Crippen molar-refractivity contribution in [1.82, 2.24) is 9.80 Å². The van der Waals surface area contributed by atoms with E-state index in [0.29, 0.717) is 6.54 Å². The summed E-state index contributed by atoms with van der Waals surface area (Å²) in [6.45, 7) is 6.44. The van der Waals surface area contributed by atoms with Crippen molar-refractivity contribution < 1.29 is 0 Å². The summed E-state index contributed by atoms with van der Waals surface area (Å²) >= 11 is 1.91. The lowest BCUT2D eigenvalue weighted by Crippen LogP contribution is -2.43. The van der Waals surface area contributed by atoms with E-state index in [9.17, 15) is 0 Å². The summed E-state index contributed by atoms with van der Waals surface area (Å²) in [6.07, 6.45) is 0. The molecule has 0 aliphatic carbocycles. The number of thiophene rings is 1. The molecule has 1 aromatic heterocycles. The Morgan fingerprint density at radius 2 is 1.95 bits per heavy atom. The summed E-state index contributed by atoms with van der Waals surface area (Å²) < 4.78 is 1.38. The van der Waals surface area contributed by atoms with E-state index in [2.05, 4.69) is 41.1 Å². The molecule has 0 spiro atoms. The molecular weight excluding hydrogens is 254 g/mol. The molecule has 1 aliphatic rings. The summed E-state index contributed by atoms with van der Waals surface area (Å²) in [5.41, 5.74) is 6.92. The first-order valence-electron chi connectivity index (χ1n) is 6.87. The van der Waals surface area contributed by atoms with Crippen molar-refractivity contribution in [3.05, 3.63) is 34.7 Å². The standard InChI is InChI=1S/C15H21N3S/c1-17-4-6-18(7-5-17)11-14-9-13-8-12(10-16)2-3-15(13)19-14/h2-3,8-9H,4-7,10-11,16H2,1H3. The minimum atomic E-state index is 0.625. The van der Waals surface area contributed by atoms with Gasteiger partial charge in [0.1, 0.15) is 0 Å². The van der Waals surface area contributed by atoms with Gasteiger partial charge in [-0.05, 0) is 36.2 Å². The normalized spacial score (nSPS) is 18.2. The van der Waals surface area contributed by atoms with Crippen molar-refractivity contribution in [2.75, 3.05) is 33.2 Å². The van der Waals surface area contributed by atoms with Crippen LogP contribution < -0.4 is 5.73 Å². The van der Waals surface area contributed by atoms with Crippen LogP contribution in [0.2, 0.25) is 0 Å². The van der Waals surface area contributed by atoms with Gasteiger partial charge in [-0.3, -0.25) is 4.90 Å². The van der Waals surface area contributed by atoms with Crippen LogP contribution >= 0.6 is 11.3 Å². The van der Waals surface area contributed by atoms with Crippen LogP contribution in [-0.4, -0.2) is 43.0 Å². The van der Waals surface area contributed by atoms with Gasteiger partial charge in [-0.2, -0.15) is 0 Å². The number of nitrogens with two attached hydrogens (primary N) is 1. The molecule has 0 bridgehead atoms. The molecule has 3 rings (SSSR count). The van der Waals surface area contributed by atoms with Gasteiger partial charge in [0.2, 0.25) is 0 Å². The van der Waals surface area contributed by atoms with Gasteiger partial charge in [0.25, 0.3) is 0 Å². The van der Waals surface area contributed by atoms with Crippen molar-refractivity contribution in [1.29, 1.82) is 0 Å². The SMILES string of the molecule is CN1CCN(Cc2cc3cc(CN)ccc3s2)CC1. The third-order valence-electron chi connectivity index (χ3n) is 3.84. The van der Waals surface area contributed by atoms with Crippen LogP contribution in [0.4, 0.5) is 0 Å². The second-order valence-electron chi connectivity index (χ2n) is 5.37. The Hall–Kier alpha value is -0.940. The van der Waals surface area contributed by atoms with Crippen LogP contribution in [0.3, 0.4) is 0 Å². The largest absolute Gasteiger partial charge is 0.326 e. The second-order valence-corrected chi connectivity index (χ2v) is 6.54. The highest BCUT2D eigenvalue weighted by molar-refractivity contribution is 7.19. The fourth-order valence-corrected chi connectivity index (χ4v) is 3.67. The third-order valence-corrected chi connectivity index (χ3v) is 4.94. The number of hydrogen-bond donors (Lipinski definition) is 1. The lowest BCUT2D eigenvalue weighted by atomic mass is 10.1. The zero-order valence-electron chi connectivity index (χ0n) is 11.4. The number of piperazine rings is 1. The Labute approximate surface area is 118 Å². The maximum atomic E-state index is 5.70. The third kappa shape index (κ3) is 2.98. The molecule has 2 aromatic rings. The Bertz CT molecular complexity index is 556. The van der Waals surface area contributed by atoms with Gasteiger partial charge >= 0.3 is 0 Å². The summed E-state index contributed by atoms with van der Waals surface area (Å²) in [6, 6.07) is 8.89. The van der Waals surface area contributed by atoms with Crippen LogP contribution in [-0.2, 0) is 13.1 Å². The number of fused-ring (bicyclic) bond motifs is 1. The highest BCUT2D eigenvalue weighted by atomic mass is 32.1. The summed E-state index contributed by atoms with van der Waals surface area (Å²) in [5, 5.41) is 1.34. The molecule has 4 heteroatoms. The fourth-order valence-electron chi connectivity index (χ4n) is 2.58. The van der Waals surface area contributed by atoms with Crippen LogP contribution in [0, 0.1) is 0 Å². The average molecular weight is 275 g/mol. The van der Waals surface area contributed by atoms with E-state index >= 15 is 0 Å². The molecule has 1 fully saturated rings. The van der Waals surface area contributed by atoms with Crippen LogP contribution in [0.25, 0.3) is 10.1 Å².